The quantitative estimate of drug-likeness (QED) is 0.166. The number of benzene rings is 4. The Morgan fingerprint density at radius 3 is 2.09 bits per heavy atom. The van der Waals surface area contributed by atoms with Crippen molar-refractivity contribution < 1.29 is 18.0 Å². The monoisotopic (exact) mass is 665 g/mol. The highest BCUT2D eigenvalue weighted by molar-refractivity contribution is 7.92. The molecule has 10 heteroatoms. The number of nitrogens with zero attached hydrogens (tertiary/aromatic N) is 2. The van der Waals surface area contributed by atoms with Crippen LogP contribution in [0.1, 0.15) is 37.0 Å². The van der Waals surface area contributed by atoms with Crippen molar-refractivity contribution in [3.05, 3.63) is 130 Å². The largest absolute Gasteiger partial charge is 0.352 e. The Hall–Kier alpha value is -3.85. The summed E-state index contributed by atoms with van der Waals surface area (Å²) in [6, 6.07) is 28.1. The van der Waals surface area contributed by atoms with Gasteiger partial charge in [-0.25, -0.2) is 8.42 Å². The van der Waals surface area contributed by atoms with E-state index in [0.29, 0.717) is 27.7 Å². The third-order valence-electron chi connectivity index (χ3n) is 7.52. The Morgan fingerprint density at radius 1 is 0.822 bits per heavy atom. The SMILES string of the molecule is CCC(C)NC(=O)C(Cc1ccccc1)N(Cc1cccc(Cl)c1)C(=O)CN(c1ccc(C)cc1)S(=O)(=O)c1ccc(Cl)cc1. The van der Waals surface area contributed by atoms with Gasteiger partial charge in [-0.1, -0.05) is 90.3 Å². The van der Waals surface area contributed by atoms with E-state index in [9.17, 15) is 18.0 Å². The summed E-state index contributed by atoms with van der Waals surface area (Å²) in [7, 11) is -4.21. The molecule has 0 aromatic heterocycles. The number of anilines is 1. The predicted octanol–water partition coefficient (Wildman–Crippen LogP) is 7.05. The van der Waals surface area contributed by atoms with Gasteiger partial charge in [-0.15, -0.1) is 0 Å². The number of halogens is 2. The highest BCUT2D eigenvalue weighted by atomic mass is 35.5. The summed E-state index contributed by atoms with van der Waals surface area (Å²) in [6.07, 6.45) is 0.927. The lowest BCUT2D eigenvalue weighted by molar-refractivity contribution is -0.140. The van der Waals surface area contributed by atoms with Crippen molar-refractivity contribution >= 4 is 50.7 Å². The molecule has 0 radical (unpaired) electrons. The van der Waals surface area contributed by atoms with Crippen LogP contribution in [0.15, 0.2) is 108 Å². The van der Waals surface area contributed by atoms with E-state index >= 15 is 0 Å². The maximum atomic E-state index is 14.5. The number of carbonyl (C=O) groups excluding carboxylic acids is 2. The van der Waals surface area contributed by atoms with E-state index < -0.39 is 28.5 Å². The lowest BCUT2D eigenvalue weighted by Crippen LogP contribution is -2.54. The summed E-state index contributed by atoms with van der Waals surface area (Å²) in [5, 5.41) is 3.90. The summed E-state index contributed by atoms with van der Waals surface area (Å²) in [6.45, 7) is 5.25. The van der Waals surface area contributed by atoms with Gasteiger partial charge in [-0.05, 0) is 79.9 Å². The van der Waals surface area contributed by atoms with Gasteiger partial charge in [0.2, 0.25) is 11.8 Å². The Kier molecular flexibility index (Phi) is 11.7. The number of carbonyl (C=O) groups is 2. The molecule has 0 fully saturated rings. The van der Waals surface area contributed by atoms with Crippen LogP contribution in [0, 0.1) is 6.92 Å². The molecule has 2 amide bonds. The van der Waals surface area contributed by atoms with Gasteiger partial charge in [0.05, 0.1) is 10.6 Å². The number of rotatable bonds is 13. The summed E-state index contributed by atoms with van der Waals surface area (Å²) in [4.78, 5) is 29.8. The van der Waals surface area contributed by atoms with Gasteiger partial charge in [0.15, 0.2) is 0 Å². The van der Waals surface area contributed by atoms with E-state index in [1.165, 1.54) is 29.2 Å². The number of amides is 2. The van der Waals surface area contributed by atoms with Crippen LogP contribution in [-0.2, 0) is 32.6 Å². The second-order valence-electron chi connectivity index (χ2n) is 11.0. The fourth-order valence-corrected chi connectivity index (χ4v) is 6.55. The highest BCUT2D eigenvalue weighted by Gasteiger charge is 2.35. The van der Waals surface area contributed by atoms with Crippen molar-refractivity contribution in [1.29, 1.82) is 0 Å². The zero-order valence-electron chi connectivity index (χ0n) is 25.5. The first-order chi connectivity index (χ1) is 21.5. The van der Waals surface area contributed by atoms with Gasteiger partial charge in [-0.2, -0.15) is 0 Å². The van der Waals surface area contributed by atoms with Gasteiger partial charge < -0.3 is 10.2 Å². The predicted molar refractivity (Wildman–Crippen MR) is 181 cm³/mol. The van der Waals surface area contributed by atoms with E-state index in [1.807, 2.05) is 57.2 Å². The number of sulfonamides is 1. The van der Waals surface area contributed by atoms with E-state index in [-0.39, 0.29) is 29.8 Å². The average Bonchev–Trinajstić information content (AvgIpc) is 3.02. The minimum atomic E-state index is -4.21. The van der Waals surface area contributed by atoms with Gasteiger partial charge in [-0.3, -0.25) is 13.9 Å². The second kappa shape index (κ2) is 15.4. The van der Waals surface area contributed by atoms with Crippen molar-refractivity contribution in [3.8, 4) is 0 Å². The third-order valence-corrected chi connectivity index (χ3v) is 9.79. The number of nitrogens with one attached hydrogen (secondary N) is 1. The highest BCUT2D eigenvalue weighted by Crippen LogP contribution is 2.26. The molecular formula is C35H37Cl2N3O4S. The molecule has 0 heterocycles. The van der Waals surface area contributed by atoms with E-state index in [0.717, 1.165) is 15.4 Å². The Morgan fingerprint density at radius 2 is 1.47 bits per heavy atom. The minimum absolute atomic E-state index is 0.0167. The molecule has 0 bridgehead atoms. The van der Waals surface area contributed by atoms with Gasteiger partial charge in [0.1, 0.15) is 12.6 Å². The molecule has 4 rings (SSSR count). The smallest absolute Gasteiger partial charge is 0.264 e. The van der Waals surface area contributed by atoms with Crippen molar-refractivity contribution in [2.24, 2.45) is 0 Å². The molecule has 0 aliphatic rings. The summed E-state index contributed by atoms with van der Waals surface area (Å²) >= 11 is 12.4. The number of aryl methyl sites for hydroxylation is 1. The number of hydrogen-bond donors (Lipinski definition) is 1. The molecule has 4 aromatic carbocycles. The molecular weight excluding hydrogens is 629 g/mol. The molecule has 7 nitrogen and oxygen atoms in total. The zero-order chi connectivity index (χ0) is 32.6. The lowest BCUT2D eigenvalue weighted by atomic mass is 10.0. The van der Waals surface area contributed by atoms with Crippen LogP contribution in [0.2, 0.25) is 10.0 Å². The molecule has 45 heavy (non-hydrogen) atoms. The van der Waals surface area contributed by atoms with Crippen LogP contribution in [0.3, 0.4) is 0 Å². The summed E-state index contributed by atoms with van der Waals surface area (Å²) in [5.41, 5.74) is 2.80. The van der Waals surface area contributed by atoms with Gasteiger partial charge in [0.25, 0.3) is 10.0 Å². The Bertz CT molecular complexity index is 1700. The molecule has 2 unspecified atom stereocenters. The first-order valence-electron chi connectivity index (χ1n) is 14.7. The molecule has 2 atom stereocenters. The Labute approximate surface area is 275 Å². The molecule has 236 valence electrons. The molecule has 0 saturated heterocycles. The normalized spacial score (nSPS) is 12.6. The van der Waals surface area contributed by atoms with Crippen molar-refractivity contribution in [2.75, 3.05) is 10.8 Å². The average molecular weight is 667 g/mol. The van der Waals surface area contributed by atoms with E-state index in [2.05, 4.69) is 5.32 Å². The van der Waals surface area contributed by atoms with Crippen LogP contribution < -0.4 is 9.62 Å². The molecule has 4 aromatic rings. The van der Waals surface area contributed by atoms with Gasteiger partial charge >= 0.3 is 0 Å². The van der Waals surface area contributed by atoms with E-state index in [1.54, 1.807) is 42.5 Å². The number of hydrogen-bond acceptors (Lipinski definition) is 4. The van der Waals surface area contributed by atoms with Crippen molar-refractivity contribution in [2.45, 2.75) is 57.1 Å². The molecule has 0 aliphatic heterocycles. The maximum absolute atomic E-state index is 14.5. The van der Waals surface area contributed by atoms with Crippen LogP contribution in [-0.4, -0.2) is 43.8 Å². The zero-order valence-corrected chi connectivity index (χ0v) is 27.8. The maximum Gasteiger partial charge on any atom is 0.264 e. The molecule has 1 N–H and O–H groups in total. The van der Waals surface area contributed by atoms with Crippen molar-refractivity contribution in [1.82, 2.24) is 10.2 Å². The Balaban J connectivity index is 1.80. The minimum Gasteiger partial charge on any atom is -0.352 e. The second-order valence-corrected chi connectivity index (χ2v) is 13.7. The van der Waals surface area contributed by atoms with Crippen LogP contribution in [0.4, 0.5) is 5.69 Å². The summed E-state index contributed by atoms with van der Waals surface area (Å²) < 4.78 is 29.2. The lowest BCUT2D eigenvalue weighted by Gasteiger charge is -2.34. The third kappa shape index (κ3) is 9.10. The standard InChI is InChI=1S/C35H37Cl2N3O4S/c1-4-26(3)38-35(42)33(22-27-9-6-5-7-10-27)39(23-28-11-8-12-30(37)21-28)34(41)24-40(31-17-13-25(2)14-18-31)45(43,44)32-19-15-29(36)16-20-32/h5-21,26,33H,4,22-24H2,1-3H3,(H,38,42). The first kappa shape index (κ1) is 34.0. The van der Waals surface area contributed by atoms with Crippen LogP contribution in [0.5, 0.6) is 0 Å². The fraction of sp³-hybridized carbons (Fsp3) is 0.257. The van der Waals surface area contributed by atoms with Crippen molar-refractivity contribution in [3.63, 3.8) is 0 Å². The topological polar surface area (TPSA) is 86.8 Å². The molecule has 0 spiro atoms. The van der Waals surface area contributed by atoms with Crippen LogP contribution in [0.25, 0.3) is 0 Å². The summed E-state index contributed by atoms with van der Waals surface area (Å²) in [5.74, 6) is -0.876. The van der Waals surface area contributed by atoms with Gasteiger partial charge in [0, 0.05) is 29.1 Å². The van der Waals surface area contributed by atoms with Crippen LogP contribution >= 0.6 is 23.2 Å². The molecule has 0 saturated carbocycles. The fourth-order valence-electron chi connectivity index (χ4n) is 4.80. The molecule has 0 aliphatic carbocycles. The first-order valence-corrected chi connectivity index (χ1v) is 16.9. The van der Waals surface area contributed by atoms with E-state index in [4.69, 9.17) is 23.2 Å².